The number of anilines is 1. The Kier molecular flexibility index (Phi) is 3.08. The summed E-state index contributed by atoms with van der Waals surface area (Å²) < 4.78 is 1.74. The minimum absolute atomic E-state index is 0.639. The number of nitrogens with one attached hydrogen (secondary N) is 1. The molecule has 19 heavy (non-hydrogen) atoms. The van der Waals surface area contributed by atoms with Crippen LogP contribution in [0.15, 0.2) is 6.20 Å². The first-order valence-electron chi connectivity index (χ1n) is 6.55. The van der Waals surface area contributed by atoms with E-state index in [4.69, 9.17) is 5.84 Å². The molecule has 0 bridgehead atoms. The summed E-state index contributed by atoms with van der Waals surface area (Å²) in [5, 5.41) is 5.04. The Morgan fingerprint density at radius 1 is 1.47 bits per heavy atom. The second-order valence-electron chi connectivity index (χ2n) is 5.27. The molecular weight excluding hydrogens is 242 g/mol. The molecule has 0 saturated carbocycles. The number of rotatable bonds is 3. The van der Waals surface area contributed by atoms with Gasteiger partial charge in [0.25, 0.3) is 0 Å². The summed E-state index contributed by atoms with van der Waals surface area (Å²) in [4.78, 5) is 11.4. The van der Waals surface area contributed by atoms with E-state index in [2.05, 4.69) is 32.3 Å². The van der Waals surface area contributed by atoms with Gasteiger partial charge in [-0.05, 0) is 18.9 Å². The summed E-state index contributed by atoms with van der Waals surface area (Å²) in [7, 11) is 1.87. The normalized spacial score (nSPS) is 20.3. The Hall–Kier alpha value is -1.73. The van der Waals surface area contributed by atoms with Crippen LogP contribution in [-0.2, 0) is 13.6 Å². The van der Waals surface area contributed by atoms with Crippen LogP contribution in [0.5, 0.6) is 0 Å². The number of aromatic nitrogens is 4. The largest absolute Gasteiger partial charge is 0.308 e. The van der Waals surface area contributed by atoms with Gasteiger partial charge in [-0.15, -0.1) is 0 Å². The van der Waals surface area contributed by atoms with Crippen LogP contribution in [0.1, 0.15) is 19.2 Å². The molecule has 102 valence electrons. The molecule has 3 N–H and O–H groups in total. The Bertz CT molecular complexity index is 591. The van der Waals surface area contributed by atoms with Crippen LogP contribution in [-0.4, -0.2) is 37.7 Å². The Morgan fingerprint density at radius 3 is 3.00 bits per heavy atom. The molecule has 2 aromatic rings. The number of hydrazine groups is 1. The fourth-order valence-electron chi connectivity index (χ4n) is 2.62. The third-order valence-electron chi connectivity index (χ3n) is 3.65. The number of nitrogens with zero attached hydrogens (tertiary/aromatic N) is 5. The second kappa shape index (κ2) is 4.75. The predicted octanol–water partition coefficient (Wildman–Crippen LogP) is 0.491. The van der Waals surface area contributed by atoms with E-state index < -0.39 is 0 Å². The van der Waals surface area contributed by atoms with Crippen molar-refractivity contribution in [1.29, 1.82) is 0 Å². The first-order chi connectivity index (χ1) is 9.17. The van der Waals surface area contributed by atoms with Crippen LogP contribution in [0.2, 0.25) is 0 Å². The minimum Gasteiger partial charge on any atom is -0.308 e. The molecule has 0 amide bonds. The molecule has 1 aliphatic heterocycles. The van der Waals surface area contributed by atoms with E-state index in [-0.39, 0.29) is 0 Å². The number of hydrogen-bond donors (Lipinski definition) is 2. The first kappa shape index (κ1) is 12.3. The molecule has 0 aromatic carbocycles. The number of likely N-dealkylation sites (tertiary alicyclic amines) is 1. The maximum atomic E-state index is 5.53. The summed E-state index contributed by atoms with van der Waals surface area (Å²) in [6, 6.07) is 0. The van der Waals surface area contributed by atoms with Crippen molar-refractivity contribution < 1.29 is 0 Å². The van der Waals surface area contributed by atoms with Crippen LogP contribution in [0, 0.1) is 5.92 Å². The smallest absolute Gasteiger partial charge is 0.163 e. The zero-order chi connectivity index (χ0) is 13.4. The van der Waals surface area contributed by atoms with E-state index >= 15 is 0 Å². The second-order valence-corrected chi connectivity index (χ2v) is 5.27. The summed E-state index contributed by atoms with van der Waals surface area (Å²) in [5.74, 6) is 7.72. The van der Waals surface area contributed by atoms with Crippen LogP contribution in [0.25, 0.3) is 11.0 Å². The molecule has 7 heteroatoms. The molecule has 1 unspecified atom stereocenters. The van der Waals surface area contributed by atoms with Gasteiger partial charge in [0.1, 0.15) is 5.82 Å². The molecule has 0 radical (unpaired) electrons. The standard InChI is InChI=1S/C12H19N7/c1-8-3-4-19(6-8)7-10-15-11(17-13)9-5-14-18(2)12(9)16-10/h5,8H,3-4,6-7,13H2,1-2H3,(H,15,16,17). The van der Waals surface area contributed by atoms with Crippen molar-refractivity contribution >= 4 is 16.9 Å². The van der Waals surface area contributed by atoms with Crippen LogP contribution in [0.3, 0.4) is 0 Å². The zero-order valence-electron chi connectivity index (χ0n) is 11.3. The number of aryl methyl sites for hydroxylation is 1. The highest BCUT2D eigenvalue weighted by molar-refractivity contribution is 5.86. The van der Waals surface area contributed by atoms with E-state index in [1.54, 1.807) is 10.9 Å². The fourth-order valence-corrected chi connectivity index (χ4v) is 2.62. The third-order valence-corrected chi connectivity index (χ3v) is 3.65. The number of nitrogens with two attached hydrogens (primary N) is 1. The van der Waals surface area contributed by atoms with Gasteiger partial charge in [-0.25, -0.2) is 15.8 Å². The van der Waals surface area contributed by atoms with E-state index in [9.17, 15) is 0 Å². The van der Waals surface area contributed by atoms with Gasteiger partial charge in [-0.2, -0.15) is 5.10 Å². The first-order valence-corrected chi connectivity index (χ1v) is 6.55. The quantitative estimate of drug-likeness (QED) is 0.618. The van der Waals surface area contributed by atoms with Gasteiger partial charge in [0.2, 0.25) is 0 Å². The molecule has 1 atom stereocenters. The van der Waals surface area contributed by atoms with Crippen molar-refractivity contribution in [2.75, 3.05) is 18.5 Å². The molecule has 0 aliphatic carbocycles. The lowest BCUT2D eigenvalue weighted by molar-refractivity contribution is 0.312. The van der Waals surface area contributed by atoms with Crippen LogP contribution >= 0.6 is 0 Å². The SMILES string of the molecule is CC1CCN(Cc2nc(NN)c3cnn(C)c3n2)C1. The summed E-state index contributed by atoms with van der Waals surface area (Å²) >= 11 is 0. The summed E-state index contributed by atoms with van der Waals surface area (Å²) in [5.41, 5.74) is 3.44. The minimum atomic E-state index is 0.639. The zero-order valence-corrected chi connectivity index (χ0v) is 11.3. The number of nitrogen functional groups attached to an aromatic ring is 1. The van der Waals surface area contributed by atoms with Gasteiger partial charge in [-0.1, -0.05) is 6.92 Å². The lowest BCUT2D eigenvalue weighted by Gasteiger charge is -2.14. The van der Waals surface area contributed by atoms with Gasteiger partial charge in [0.05, 0.1) is 18.1 Å². The summed E-state index contributed by atoms with van der Waals surface area (Å²) in [6.45, 7) is 5.26. The highest BCUT2D eigenvalue weighted by atomic mass is 15.3. The van der Waals surface area contributed by atoms with E-state index in [1.165, 1.54) is 6.42 Å². The Balaban J connectivity index is 1.92. The summed E-state index contributed by atoms with van der Waals surface area (Å²) in [6.07, 6.45) is 2.97. The monoisotopic (exact) mass is 261 g/mol. The van der Waals surface area contributed by atoms with Crippen molar-refractivity contribution in [3.05, 3.63) is 12.0 Å². The molecule has 1 saturated heterocycles. The van der Waals surface area contributed by atoms with Gasteiger partial charge >= 0.3 is 0 Å². The van der Waals surface area contributed by atoms with Crippen LogP contribution in [0.4, 0.5) is 5.82 Å². The lowest BCUT2D eigenvalue weighted by Crippen LogP contribution is -2.22. The van der Waals surface area contributed by atoms with E-state index in [1.807, 2.05) is 7.05 Å². The third kappa shape index (κ3) is 2.26. The maximum Gasteiger partial charge on any atom is 0.163 e. The van der Waals surface area contributed by atoms with Gasteiger partial charge in [0, 0.05) is 13.6 Å². The average Bonchev–Trinajstić information content (AvgIpc) is 2.96. The molecule has 3 rings (SSSR count). The lowest BCUT2D eigenvalue weighted by atomic mass is 10.2. The van der Waals surface area contributed by atoms with E-state index in [0.29, 0.717) is 5.82 Å². The number of hydrogen-bond acceptors (Lipinski definition) is 6. The molecule has 1 fully saturated rings. The molecule has 3 heterocycles. The Labute approximate surface area is 111 Å². The molecule has 1 aliphatic rings. The van der Waals surface area contributed by atoms with Crippen molar-refractivity contribution in [3.63, 3.8) is 0 Å². The van der Waals surface area contributed by atoms with Gasteiger partial charge in [0.15, 0.2) is 11.5 Å². The van der Waals surface area contributed by atoms with Gasteiger partial charge < -0.3 is 5.43 Å². The highest BCUT2D eigenvalue weighted by Gasteiger charge is 2.20. The highest BCUT2D eigenvalue weighted by Crippen LogP contribution is 2.21. The van der Waals surface area contributed by atoms with Gasteiger partial charge in [-0.3, -0.25) is 9.58 Å². The molecule has 0 spiro atoms. The average molecular weight is 261 g/mol. The van der Waals surface area contributed by atoms with Crippen molar-refractivity contribution in [3.8, 4) is 0 Å². The Morgan fingerprint density at radius 2 is 2.32 bits per heavy atom. The fraction of sp³-hybridized carbons (Fsp3) is 0.583. The predicted molar refractivity (Wildman–Crippen MR) is 73.2 cm³/mol. The molecular formula is C12H19N7. The van der Waals surface area contributed by atoms with E-state index in [0.717, 1.165) is 42.4 Å². The molecule has 7 nitrogen and oxygen atoms in total. The van der Waals surface area contributed by atoms with Crippen molar-refractivity contribution in [2.24, 2.45) is 18.8 Å². The van der Waals surface area contributed by atoms with Crippen molar-refractivity contribution in [1.82, 2.24) is 24.6 Å². The maximum absolute atomic E-state index is 5.53. The van der Waals surface area contributed by atoms with Crippen molar-refractivity contribution in [2.45, 2.75) is 19.9 Å². The number of fused-ring (bicyclic) bond motifs is 1. The topological polar surface area (TPSA) is 84.9 Å². The van der Waals surface area contributed by atoms with Crippen LogP contribution < -0.4 is 11.3 Å². The molecule has 2 aromatic heterocycles.